The predicted molar refractivity (Wildman–Crippen MR) is 84.1 cm³/mol. The summed E-state index contributed by atoms with van der Waals surface area (Å²) in [5, 5.41) is 5.03. The van der Waals surface area contributed by atoms with Gasteiger partial charge < -0.3 is 5.32 Å². The SMILES string of the molecule is CCNC(c1cccc(Cl)c1Cl)C1(CC)CCCC1. The fourth-order valence-corrected chi connectivity index (χ4v) is 3.95. The lowest BCUT2D eigenvalue weighted by Crippen LogP contribution is -2.36. The first-order valence-electron chi connectivity index (χ1n) is 7.32. The summed E-state index contributed by atoms with van der Waals surface area (Å²) in [5.74, 6) is 0. The van der Waals surface area contributed by atoms with E-state index in [0.717, 1.165) is 11.6 Å². The van der Waals surface area contributed by atoms with Crippen molar-refractivity contribution in [2.45, 2.75) is 52.0 Å². The predicted octanol–water partition coefficient (Wildman–Crippen LogP) is 5.61. The molecule has 1 atom stereocenters. The van der Waals surface area contributed by atoms with Crippen LogP contribution in [0.4, 0.5) is 0 Å². The molecule has 0 bridgehead atoms. The van der Waals surface area contributed by atoms with Gasteiger partial charge in [-0.15, -0.1) is 0 Å². The van der Waals surface area contributed by atoms with Crippen LogP contribution in [0, 0.1) is 5.41 Å². The molecule has 1 aliphatic rings. The van der Waals surface area contributed by atoms with Crippen LogP contribution in [0.1, 0.15) is 57.6 Å². The molecule has 3 heteroatoms. The van der Waals surface area contributed by atoms with Gasteiger partial charge in [-0.3, -0.25) is 0 Å². The largest absolute Gasteiger partial charge is 0.310 e. The first-order valence-corrected chi connectivity index (χ1v) is 8.07. The Kier molecular flexibility index (Phi) is 5.16. The minimum absolute atomic E-state index is 0.316. The van der Waals surface area contributed by atoms with Crippen molar-refractivity contribution in [3.8, 4) is 0 Å². The van der Waals surface area contributed by atoms with Gasteiger partial charge in [0.15, 0.2) is 0 Å². The Morgan fingerprint density at radius 3 is 2.47 bits per heavy atom. The Bertz CT molecular complexity index is 425. The fraction of sp³-hybridized carbons (Fsp3) is 0.625. The summed E-state index contributed by atoms with van der Waals surface area (Å²) in [6, 6.07) is 6.31. The maximum atomic E-state index is 6.45. The molecule has 1 saturated carbocycles. The molecule has 1 N–H and O–H groups in total. The van der Waals surface area contributed by atoms with Gasteiger partial charge in [0.1, 0.15) is 0 Å². The van der Waals surface area contributed by atoms with Gasteiger partial charge >= 0.3 is 0 Å². The molecule has 0 amide bonds. The van der Waals surface area contributed by atoms with Crippen LogP contribution in [-0.2, 0) is 0 Å². The smallest absolute Gasteiger partial charge is 0.0640 e. The third-order valence-corrected chi connectivity index (χ3v) is 5.45. The minimum Gasteiger partial charge on any atom is -0.310 e. The van der Waals surface area contributed by atoms with Gasteiger partial charge in [-0.05, 0) is 42.9 Å². The maximum Gasteiger partial charge on any atom is 0.0640 e. The highest BCUT2D eigenvalue weighted by Crippen LogP contribution is 2.51. The van der Waals surface area contributed by atoms with Gasteiger partial charge in [-0.1, -0.05) is 62.0 Å². The second-order valence-corrected chi connectivity index (χ2v) is 6.34. The molecular formula is C16H23Cl2N. The molecule has 1 unspecified atom stereocenters. The molecule has 106 valence electrons. The summed E-state index contributed by atoms with van der Waals surface area (Å²) in [4.78, 5) is 0. The van der Waals surface area contributed by atoms with E-state index >= 15 is 0 Å². The fourth-order valence-electron chi connectivity index (χ4n) is 3.53. The maximum absolute atomic E-state index is 6.45. The molecule has 19 heavy (non-hydrogen) atoms. The molecule has 0 radical (unpaired) electrons. The van der Waals surface area contributed by atoms with Crippen molar-refractivity contribution in [3.63, 3.8) is 0 Å². The summed E-state index contributed by atoms with van der Waals surface area (Å²) in [6.07, 6.45) is 6.41. The van der Waals surface area contributed by atoms with Crippen molar-refractivity contribution >= 4 is 23.2 Å². The van der Waals surface area contributed by atoms with Crippen LogP contribution < -0.4 is 5.32 Å². The second-order valence-electron chi connectivity index (χ2n) is 5.56. The van der Waals surface area contributed by atoms with Gasteiger partial charge in [-0.25, -0.2) is 0 Å². The second kappa shape index (κ2) is 6.47. The van der Waals surface area contributed by atoms with E-state index in [4.69, 9.17) is 23.2 Å². The lowest BCUT2D eigenvalue weighted by atomic mass is 9.73. The van der Waals surface area contributed by atoms with Crippen LogP contribution in [0.3, 0.4) is 0 Å². The Morgan fingerprint density at radius 1 is 1.21 bits per heavy atom. The van der Waals surface area contributed by atoms with E-state index in [9.17, 15) is 0 Å². The molecule has 0 spiro atoms. The Labute approximate surface area is 126 Å². The van der Waals surface area contributed by atoms with E-state index in [1.807, 2.05) is 12.1 Å². The monoisotopic (exact) mass is 299 g/mol. The molecule has 2 rings (SSSR count). The molecule has 0 saturated heterocycles. The average Bonchev–Trinajstić information content (AvgIpc) is 2.89. The van der Waals surface area contributed by atoms with Crippen LogP contribution in [0.25, 0.3) is 0 Å². The molecular weight excluding hydrogens is 277 g/mol. The van der Waals surface area contributed by atoms with Crippen molar-refractivity contribution < 1.29 is 0 Å². The normalized spacial score (nSPS) is 19.6. The number of nitrogens with one attached hydrogen (secondary N) is 1. The van der Waals surface area contributed by atoms with Gasteiger partial charge in [0, 0.05) is 6.04 Å². The lowest BCUT2D eigenvalue weighted by molar-refractivity contribution is 0.189. The molecule has 1 aliphatic carbocycles. The summed E-state index contributed by atoms with van der Waals surface area (Å²) in [7, 11) is 0. The van der Waals surface area contributed by atoms with Gasteiger partial charge in [0.25, 0.3) is 0 Å². The highest BCUT2D eigenvalue weighted by atomic mass is 35.5. The van der Waals surface area contributed by atoms with E-state index in [2.05, 4.69) is 25.2 Å². The molecule has 1 nitrogen and oxygen atoms in total. The first kappa shape index (κ1) is 15.2. The lowest BCUT2D eigenvalue weighted by Gasteiger charge is -2.38. The summed E-state index contributed by atoms with van der Waals surface area (Å²) in [5.41, 5.74) is 1.50. The summed E-state index contributed by atoms with van der Waals surface area (Å²) in [6.45, 7) is 5.41. The zero-order chi connectivity index (χ0) is 13.9. The number of halogens is 2. The van der Waals surface area contributed by atoms with E-state index in [1.54, 1.807) is 0 Å². The van der Waals surface area contributed by atoms with Gasteiger partial charge in [0.05, 0.1) is 10.0 Å². The Morgan fingerprint density at radius 2 is 1.89 bits per heavy atom. The Balaban J connectivity index is 2.41. The Hall–Kier alpha value is -0.240. The van der Waals surface area contributed by atoms with Crippen LogP contribution in [0.5, 0.6) is 0 Å². The summed E-state index contributed by atoms with van der Waals surface area (Å²) < 4.78 is 0. The van der Waals surface area contributed by atoms with Crippen LogP contribution in [-0.4, -0.2) is 6.54 Å². The molecule has 1 fully saturated rings. The number of benzene rings is 1. The molecule has 1 aromatic rings. The number of hydrogen-bond acceptors (Lipinski definition) is 1. The molecule has 0 aliphatic heterocycles. The quantitative estimate of drug-likeness (QED) is 0.744. The standard InChI is InChI=1S/C16H23Cl2N/c1-3-16(10-5-6-11-16)15(19-4-2)12-8-7-9-13(17)14(12)18/h7-9,15,19H,3-6,10-11H2,1-2H3. The number of rotatable bonds is 5. The molecule has 0 heterocycles. The van der Waals surface area contributed by atoms with Crippen LogP contribution >= 0.6 is 23.2 Å². The van der Waals surface area contributed by atoms with Crippen molar-refractivity contribution in [2.24, 2.45) is 5.41 Å². The average molecular weight is 300 g/mol. The molecule has 0 aromatic heterocycles. The third kappa shape index (κ3) is 2.94. The molecule has 1 aromatic carbocycles. The van der Waals surface area contributed by atoms with Crippen molar-refractivity contribution in [1.29, 1.82) is 0 Å². The number of hydrogen-bond donors (Lipinski definition) is 1. The van der Waals surface area contributed by atoms with Crippen molar-refractivity contribution in [1.82, 2.24) is 5.32 Å². The van der Waals surface area contributed by atoms with Gasteiger partial charge in [-0.2, -0.15) is 0 Å². The van der Waals surface area contributed by atoms with Crippen molar-refractivity contribution in [2.75, 3.05) is 6.54 Å². The van der Waals surface area contributed by atoms with E-state index < -0.39 is 0 Å². The van der Waals surface area contributed by atoms with Crippen LogP contribution in [0.15, 0.2) is 18.2 Å². The highest BCUT2D eigenvalue weighted by Gasteiger charge is 2.40. The van der Waals surface area contributed by atoms with Gasteiger partial charge in [0.2, 0.25) is 0 Å². The first-order chi connectivity index (χ1) is 9.14. The summed E-state index contributed by atoms with van der Waals surface area (Å²) >= 11 is 12.6. The van der Waals surface area contributed by atoms with Crippen LogP contribution in [0.2, 0.25) is 10.0 Å². The zero-order valence-electron chi connectivity index (χ0n) is 11.8. The minimum atomic E-state index is 0.316. The van der Waals surface area contributed by atoms with Crippen molar-refractivity contribution in [3.05, 3.63) is 33.8 Å². The highest BCUT2D eigenvalue weighted by molar-refractivity contribution is 6.42. The van der Waals surface area contributed by atoms with E-state index in [1.165, 1.54) is 37.7 Å². The topological polar surface area (TPSA) is 12.0 Å². The van der Waals surface area contributed by atoms with E-state index in [-0.39, 0.29) is 0 Å². The zero-order valence-corrected chi connectivity index (χ0v) is 13.3. The third-order valence-electron chi connectivity index (χ3n) is 4.62. The van der Waals surface area contributed by atoms with E-state index in [0.29, 0.717) is 16.5 Å².